The highest BCUT2D eigenvalue weighted by Crippen LogP contribution is 2.33. The summed E-state index contributed by atoms with van der Waals surface area (Å²) >= 11 is 3.15. The normalized spacial score (nSPS) is 20.2. The minimum atomic E-state index is -0.0730. The lowest BCUT2D eigenvalue weighted by atomic mass is 10.2. The van der Waals surface area contributed by atoms with Gasteiger partial charge in [-0.05, 0) is 24.3 Å². The highest BCUT2D eigenvalue weighted by molar-refractivity contribution is 7.18. The first-order valence-electron chi connectivity index (χ1n) is 11.0. The van der Waals surface area contributed by atoms with Gasteiger partial charge in [0, 0.05) is 55.2 Å². The highest BCUT2D eigenvalue weighted by Gasteiger charge is 2.22. The molecular formula is C22H27N5O3S2. The summed E-state index contributed by atoms with van der Waals surface area (Å²) in [6, 6.07) is 4.02. The minimum absolute atomic E-state index is 0.0599. The van der Waals surface area contributed by atoms with Crippen LogP contribution in [0.2, 0.25) is 0 Å². The van der Waals surface area contributed by atoms with Gasteiger partial charge in [-0.25, -0.2) is 4.98 Å². The molecule has 1 amide bonds. The Balaban J connectivity index is 1.14. The van der Waals surface area contributed by atoms with Crippen molar-refractivity contribution in [2.24, 2.45) is 0 Å². The lowest BCUT2D eigenvalue weighted by Crippen LogP contribution is -2.49. The molecule has 3 aromatic rings. The van der Waals surface area contributed by atoms with E-state index < -0.39 is 0 Å². The Labute approximate surface area is 194 Å². The van der Waals surface area contributed by atoms with Gasteiger partial charge in [-0.15, -0.1) is 22.7 Å². The van der Waals surface area contributed by atoms with Crippen molar-refractivity contribution in [1.29, 1.82) is 0 Å². The average Bonchev–Trinajstić information content (AvgIpc) is 3.55. The van der Waals surface area contributed by atoms with Gasteiger partial charge in [0.15, 0.2) is 0 Å². The average molecular weight is 474 g/mol. The van der Waals surface area contributed by atoms with Crippen molar-refractivity contribution in [1.82, 2.24) is 25.1 Å². The Hall–Kier alpha value is -2.11. The van der Waals surface area contributed by atoms with Crippen LogP contribution in [0.3, 0.4) is 0 Å². The second-order valence-electron chi connectivity index (χ2n) is 8.31. The monoisotopic (exact) mass is 473 g/mol. The molecule has 2 aliphatic rings. The number of carbonyl (C=O) groups is 1. The molecule has 5 rings (SSSR count). The van der Waals surface area contributed by atoms with E-state index in [1.807, 2.05) is 22.9 Å². The summed E-state index contributed by atoms with van der Waals surface area (Å²) in [5.74, 6) is 0.759. The summed E-state index contributed by atoms with van der Waals surface area (Å²) in [6.07, 6.45) is 2.28. The van der Waals surface area contributed by atoms with E-state index in [1.54, 1.807) is 11.3 Å². The minimum Gasteiger partial charge on any atom is -0.376 e. The molecule has 0 unspecified atom stereocenters. The molecule has 2 aliphatic heterocycles. The van der Waals surface area contributed by atoms with E-state index >= 15 is 0 Å². The van der Waals surface area contributed by atoms with Crippen molar-refractivity contribution in [2.75, 3.05) is 45.9 Å². The standard InChI is InChI=1S/C22H27N5O3S2/c28-19(23-11-15-3-1-9-30-15)13-27-7-5-26(6-8-27)12-18-24-21(29)20-16(14-32-22(20)25-18)17-4-2-10-31-17/h2,4,10,14-15H,1,3,5-9,11-13H2,(H,23,28)(H,24,25,29)/t15-/m0/s1. The summed E-state index contributed by atoms with van der Waals surface area (Å²) in [6.45, 7) is 5.76. The molecule has 0 spiro atoms. The second-order valence-corrected chi connectivity index (χ2v) is 10.1. The van der Waals surface area contributed by atoms with Gasteiger partial charge in [0.2, 0.25) is 5.91 Å². The van der Waals surface area contributed by atoms with Crippen LogP contribution in [-0.4, -0.2) is 77.7 Å². The zero-order valence-corrected chi connectivity index (χ0v) is 19.5. The molecule has 1 atom stereocenters. The van der Waals surface area contributed by atoms with E-state index in [0.717, 1.165) is 60.9 Å². The molecule has 32 heavy (non-hydrogen) atoms. The molecule has 170 valence electrons. The Kier molecular flexibility index (Phi) is 6.65. The van der Waals surface area contributed by atoms with E-state index in [0.29, 0.717) is 30.8 Å². The van der Waals surface area contributed by atoms with Gasteiger partial charge in [-0.1, -0.05) is 6.07 Å². The number of ether oxygens (including phenoxy) is 1. The Morgan fingerprint density at radius 3 is 2.84 bits per heavy atom. The Bertz CT molecular complexity index is 1110. The number of H-pyrrole nitrogens is 1. The molecule has 3 aromatic heterocycles. The molecule has 2 fully saturated rings. The van der Waals surface area contributed by atoms with Gasteiger partial charge in [0.05, 0.1) is 24.6 Å². The first-order chi connectivity index (χ1) is 15.7. The molecule has 0 radical (unpaired) electrons. The van der Waals surface area contributed by atoms with Crippen molar-refractivity contribution < 1.29 is 9.53 Å². The van der Waals surface area contributed by atoms with E-state index in [-0.39, 0.29) is 17.6 Å². The van der Waals surface area contributed by atoms with Gasteiger partial charge in [0.1, 0.15) is 10.7 Å². The van der Waals surface area contributed by atoms with Crippen LogP contribution in [0.25, 0.3) is 20.7 Å². The van der Waals surface area contributed by atoms with Gasteiger partial charge < -0.3 is 15.0 Å². The number of fused-ring (bicyclic) bond motifs is 1. The van der Waals surface area contributed by atoms with Crippen molar-refractivity contribution in [3.63, 3.8) is 0 Å². The number of thiophene rings is 2. The molecule has 10 heteroatoms. The fourth-order valence-electron chi connectivity index (χ4n) is 4.29. The SMILES string of the molecule is O=C(CN1CCN(Cc2nc3scc(-c4cccs4)c3c(=O)[nH]2)CC1)NC[C@@H]1CCCO1. The zero-order valence-electron chi connectivity index (χ0n) is 17.8. The van der Waals surface area contributed by atoms with Crippen molar-refractivity contribution in [3.05, 3.63) is 39.1 Å². The Morgan fingerprint density at radius 1 is 1.25 bits per heavy atom. The molecule has 0 aromatic carbocycles. The molecule has 0 saturated carbocycles. The highest BCUT2D eigenvalue weighted by atomic mass is 32.1. The molecular weight excluding hydrogens is 446 g/mol. The van der Waals surface area contributed by atoms with Gasteiger partial charge >= 0.3 is 0 Å². The maximum atomic E-state index is 12.8. The molecule has 8 nitrogen and oxygen atoms in total. The van der Waals surface area contributed by atoms with Crippen LogP contribution < -0.4 is 10.9 Å². The first-order valence-corrected chi connectivity index (χ1v) is 12.8. The van der Waals surface area contributed by atoms with E-state index in [1.165, 1.54) is 11.3 Å². The molecule has 0 bridgehead atoms. The molecule has 2 N–H and O–H groups in total. The van der Waals surface area contributed by atoms with Gasteiger partial charge in [-0.3, -0.25) is 19.4 Å². The lowest BCUT2D eigenvalue weighted by Gasteiger charge is -2.33. The third-order valence-corrected chi connectivity index (χ3v) is 7.81. The number of nitrogens with zero attached hydrogens (tertiary/aromatic N) is 3. The number of carbonyl (C=O) groups excluding carboxylic acids is 1. The van der Waals surface area contributed by atoms with Crippen molar-refractivity contribution in [2.45, 2.75) is 25.5 Å². The number of rotatable bonds is 7. The lowest BCUT2D eigenvalue weighted by molar-refractivity contribution is -0.123. The van der Waals surface area contributed by atoms with Crippen molar-refractivity contribution in [3.8, 4) is 10.4 Å². The fraction of sp³-hybridized carbons (Fsp3) is 0.500. The number of nitrogens with one attached hydrogen (secondary N) is 2. The summed E-state index contributed by atoms with van der Waals surface area (Å²) in [4.78, 5) is 39.0. The van der Waals surface area contributed by atoms with Gasteiger partial charge in [0.25, 0.3) is 5.56 Å². The zero-order chi connectivity index (χ0) is 21.9. The number of hydrogen-bond acceptors (Lipinski definition) is 8. The third-order valence-electron chi connectivity index (χ3n) is 6.04. The number of aromatic amines is 1. The van der Waals surface area contributed by atoms with Crippen LogP contribution in [0.4, 0.5) is 0 Å². The van der Waals surface area contributed by atoms with Crippen LogP contribution in [0.1, 0.15) is 18.7 Å². The van der Waals surface area contributed by atoms with E-state index in [4.69, 9.17) is 9.72 Å². The van der Waals surface area contributed by atoms with Crippen LogP contribution in [-0.2, 0) is 16.1 Å². The van der Waals surface area contributed by atoms with Crippen LogP contribution >= 0.6 is 22.7 Å². The number of aromatic nitrogens is 2. The maximum absolute atomic E-state index is 12.8. The number of amides is 1. The Morgan fingerprint density at radius 2 is 2.09 bits per heavy atom. The summed E-state index contributed by atoms with van der Waals surface area (Å²) in [5, 5.41) is 7.71. The van der Waals surface area contributed by atoms with Crippen LogP contribution in [0.15, 0.2) is 27.7 Å². The number of hydrogen-bond donors (Lipinski definition) is 2. The van der Waals surface area contributed by atoms with Gasteiger partial charge in [-0.2, -0.15) is 0 Å². The first kappa shape index (κ1) is 21.7. The summed E-state index contributed by atoms with van der Waals surface area (Å²) < 4.78 is 5.55. The predicted octanol–water partition coefficient (Wildman–Crippen LogP) is 2.13. The van der Waals surface area contributed by atoms with Crippen LogP contribution in [0, 0.1) is 0 Å². The smallest absolute Gasteiger partial charge is 0.260 e. The summed E-state index contributed by atoms with van der Waals surface area (Å²) in [5.41, 5.74) is 0.892. The van der Waals surface area contributed by atoms with E-state index in [9.17, 15) is 9.59 Å². The predicted molar refractivity (Wildman–Crippen MR) is 127 cm³/mol. The third kappa shape index (κ3) is 4.94. The number of piperazine rings is 1. The molecule has 0 aliphatic carbocycles. The molecule has 5 heterocycles. The molecule has 2 saturated heterocycles. The largest absolute Gasteiger partial charge is 0.376 e. The fourth-order valence-corrected chi connectivity index (χ4v) is 6.07. The summed E-state index contributed by atoms with van der Waals surface area (Å²) in [7, 11) is 0. The maximum Gasteiger partial charge on any atom is 0.260 e. The van der Waals surface area contributed by atoms with E-state index in [2.05, 4.69) is 20.1 Å². The van der Waals surface area contributed by atoms with Crippen molar-refractivity contribution >= 4 is 38.8 Å². The topological polar surface area (TPSA) is 90.6 Å². The quantitative estimate of drug-likeness (QED) is 0.546. The second kappa shape index (κ2) is 9.80. The van der Waals surface area contributed by atoms with Crippen LogP contribution in [0.5, 0.6) is 0 Å².